The topological polar surface area (TPSA) is 60.2 Å². The standard InChI is InChI=1S/C24H28N4O2/c1-4-21-19(16-30-22-12-8-9-13-25-22)14-17(2)28(21)24(29)23-20(15-27(3)26-23)18-10-6-5-7-11-18/h5-13,15,17,19,21H,4,14,16H2,1-3H3. The van der Waals surface area contributed by atoms with Gasteiger partial charge < -0.3 is 9.64 Å². The lowest BCUT2D eigenvalue weighted by molar-refractivity contribution is 0.0639. The van der Waals surface area contributed by atoms with Gasteiger partial charge in [0.15, 0.2) is 5.69 Å². The highest BCUT2D eigenvalue weighted by Gasteiger charge is 2.42. The number of nitrogens with zero attached hydrogens (tertiary/aromatic N) is 4. The van der Waals surface area contributed by atoms with Crippen molar-refractivity contribution < 1.29 is 9.53 Å². The largest absolute Gasteiger partial charge is 0.477 e. The molecule has 3 unspecified atom stereocenters. The number of rotatable bonds is 6. The van der Waals surface area contributed by atoms with Gasteiger partial charge in [0.05, 0.1) is 6.61 Å². The number of amides is 1. The first-order valence-electron chi connectivity index (χ1n) is 10.5. The SMILES string of the molecule is CCC1C(COc2ccccn2)CC(C)N1C(=O)c1nn(C)cc1-c1ccccc1. The number of hydrogen-bond donors (Lipinski definition) is 0. The van der Waals surface area contributed by atoms with E-state index in [1.165, 1.54) is 0 Å². The molecule has 0 spiro atoms. The molecule has 1 fully saturated rings. The van der Waals surface area contributed by atoms with Crippen LogP contribution >= 0.6 is 0 Å². The minimum Gasteiger partial charge on any atom is -0.477 e. The zero-order valence-electron chi connectivity index (χ0n) is 17.7. The van der Waals surface area contributed by atoms with Crippen LogP contribution in [-0.2, 0) is 7.05 Å². The normalized spacial score (nSPS) is 21.0. The van der Waals surface area contributed by atoms with Crippen molar-refractivity contribution in [3.05, 3.63) is 66.6 Å². The molecule has 1 saturated heterocycles. The highest BCUT2D eigenvalue weighted by Crippen LogP contribution is 2.35. The summed E-state index contributed by atoms with van der Waals surface area (Å²) >= 11 is 0. The van der Waals surface area contributed by atoms with E-state index in [1.54, 1.807) is 10.9 Å². The maximum absolute atomic E-state index is 13.7. The van der Waals surface area contributed by atoms with Crippen LogP contribution < -0.4 is 4.74 Å². The Morgan fingerprint density at radius 3 is 2.63 bits per heavy atom. The smallest absolute Gasteiger partial charge is 0.275 e. The quantitative estimate of drug-likeness (QED) is 0.618. The van der Waals surface area contributed by atoms with Crippen molar-refractivity contribution in [2.75, 3.05) is 6.61 Å². The second kappa shape index (κ2) is 8.69. The first-order chi connectivity index (χ1) is 14.6. The van der Waals surface area contributed by atoms with Gasteiger partial charge in [-0.3, -0.25) is 9.48 Å². The van der Waals surface area contributed by atoms with Crippen LogP contribution in [-0.4, -0.2) is 44.3 Å². The van der Waals surface area contributed by atoms with Crippen molar-refractivity contribution in [1.29, 1.82) is 0 Å². The molecule has 0 aliphatic carbocycles. The highest BCUT2D eigenvalue weighted by atomic mass is 16.5. The van der Waals surface area contributed by atoms with Gasteiger partial charge in [-0.15, -0.1) is 0 Å². The number of pyridine rings is 1. The van der Waals surface area contributed by atoms with Gasteiger partial charge in [0.2, 0.25) is 5.88 Å². The van der Waals surface area contributed by atoms with Gasteiger partial charge in [-0.05, 0) is 31.4 Å². The van der Waals surface area contributed by atoms with Crippen molar-refractivity contribution in [3.63, 3.8) is 0 Å². The van der Waals surface area contributed by atoms with Crippen molar-refractivity contribution in [1.82, 2.24) is 19.7 Å². The average Bonchev–Trinajstić information content (AvgIpc) is 3.32. The molecule has 0 saturated carbocycles. The van der Waals surface area contributed by atoms with Gasteiger partial charge >= 0.3 is 0 Å². The lowest BCUT2D eigenvalue weighted by atomic mass is 9.98. The van der Waals surface area contributed by atoms with E-state index in [1.807, 2.05) is 66.7 Å². The van der Waals surface area contributed by atoms with E-state index in [2.05, 4.69) is 23.9 Å². The molecule has 156 valence electrons. The number of aryl methyl sites for hydroxylation is 1. The molecule has 1 aliphatic rings. The van der Waals surface area contributed by atoms with E-state index in [9.17, 15) is 4.79 Å². The minimum atomic E-state index is -0.00543. The molecule has 0 N–H and O–H groups in total. The Balaban J connectivity index is 1.57. The summed E-state index contributed by atoms with van der Waals surface area (Å²) in [5.41, 5.74) is 2.39. The molecule has 1 amide bonds. The zero-order chi connectivity index (χ0) is 21.1. The number of carbonyl (C=O) groups is 1. The third kappa shape index (κ3) is 3.95. The maximum Gasteiger partial charge on any atom is 0.275 e. The van der Waals surface area contributed by atoms with Crippen LogP contribution in [0.25, 0.3) is 11.1 Å². The molecule has 1 aromatic carbocycles. The van der Waals surface area contributed by atoms with Crippen LogP contribution in [0.15, 0.2) is 60.9 Å². The predicted molar refractivity (Wildman–Crippen MR) is 116 cm³/mol. The van der Waals surface area contributed by atoms with E-state index < -0.39 is 0 Å². The van der Waals surface area contributed by atoms with E-state index in [4.69, 9.17) is 4.74 Å². The van der Waals surface area contributed by atoms with Crippen molar-refractivity contribution in [2.24, 2.45) is 13.0 Å². The third-order valence-electron chi connectivity index (χ3n) is 5.87. The number of carbonyl (C=O) groups excluding carboxylic acids is 1. The third-order valence-corrected chi connectivity index (χ3v) is 5.87. The molecular formula is C24H28N4O2. The molecule has 6 nitrogen and oxygen atoms in total. The summed E-state index contributed by atoms with van der Waals surface area (Å²) < 4.78 is 7.65. The van der Waals surface area contributed by atoms with Gasteiger partial charge in [0.25, 0.3) is 5.91 Å². The monoisotopic (exact) mass is 404 g/mol. The molecule has 6 heteroatoms. The number of likely N-dealkylation sites (tertiary alicyclic amines) is 1. The second-order valence-electron chi connectivity index (χ2n) is 7.94. The fraction of sp³-hybridized carbons (Fsp3) is 0.375. The highest BCUT2D eigenvalue weighted by molar-refractivity contribution is 5.99. The van der Waals surface area contributed by atoms with Gasteiger partial charge in [-0.1, -0.05) is 43.3 Å². The Bertz CT molecular complexity index is 987. The molecular weight excluding hydrogens is 376 g/mol. The Morgan fingerprint density at radius 1 is 1.17 bits per heavy atom. The molecule has 4 rings (SSSR count). The van der Waals surface area contributed by atoms with Crippen LogP contribution in [0.3, 0.4) is 0 Å². The van der Waals surface area contributed by atoms with Gasteiger partial charge in [0.1, 0.15) is 0 Å². The zero-order valence-corrected chi connectivity index (χ0v) is 17.7. The summed E-state index contributed by atoms with van der Waals surface area (Å²) in [6.45, 7) is 4.80. The fourth-order valence-electron chi connectivity index (χ4n) is 4.55. The lowest BCUT2D eigenvalue weighted by Gasteiger charge is -2.29. The summed E-state index contributed by atoms with van der Waals surface area (Å²) in [6.07, 6.45) is 5.43. The Labute approximate surface area is 177 Å². The summed E-state index contributed by atoms with van der Waals surface area (Å²) in [5, 5.41) is 4.54. The van der Waals surface area contributed by atoms with Crippen LogP contribution in [0.1, 0.15) is 37.2 Å². The number of ether oxygens (including phenoxy) is 1. The predicted octanol–water partition coefficient (Wildman–Crippen LogP) is 4.19. The second-order valence-corrected chi connectivity index (χ2v) is 7.94. The van der Waals surface area contributed by atoms with E-state index >= 15 is 0 Å². The molecule has 3 heterocycles. The molecule has 0 radical (unpaired) electrons. The van der Waals surface area contributed by atoms with Crippen molar-refractivity contribution >= 4 is 5.91 Å². The molecule has 0 bridgehead atoms. The first-order valence-corrected chi connectivity index (χ1v) is 10.5. The Hall–Kier alpha value is -3.15. The van der Waals surface area contributed by atoms with Crippen LogP contribution in [0.2, 0.25) is 0 Å². The van der Waals surface area contributed by atoms with Crippen LogP contribution in [0, 0.1) is 5.92 Å². The average molecular weight is 405 g/mol. The molecule has 30 heavy (non-hydrogen) atoms. The van der Waals surface area contributed by atoms with E-state index in [0.29, 0.717) is 18.2 Å². The number of benzene rings is 1. The van der Waals surface area contributed by atoms with Gasteiger partial charge in [-0.2, -0.15) is 5.10 Å². The van der Waals surface area contributed by atoms with Crippen molar-refractivity contribution in [2.45, 2.75) is 38.8 Å². The summed E-state index contributed by atoms with van der Waals surface area (Å²) in [6, 6.07) is 15.9. The molecule has 3 atom stereocenters. The lowest BCUT2D eigenvalue weighted by Crippen LogP contribution is -2.42. The van der Waals surface area contributed by atoms with Gasteiger partial charge in [0, 0.05) is 49.1 Å². The Morgan fingerprint density at radius 2 is 1.93 bits per heavy atom. The summed E-state index contributed by atoms with van der Waals surface area (Å²) in [5.74, 6) is 0.884. The summed E-state index contributed by atoms with van der Waals surface area (Å²) in [4.78, 5) is 19.9. The maximum atomic E-state index is 13.7. The number of aromatic nitrogens is 3. The molecule has 2 aromatic heterocycles. The molecule has 1 aliphatic heterocycles. The van der Waals surface area contributed by atoms with Crippen molar-refractivity contribution in [3.8, 4) is 17.0 Å². The molecule has 3 aromatic rings. The van der Waals surface area contributed by atoms with Gasteiger partial charge in [-0.25, -0.2) is 4.98 Å². The Kier molecular flexibility index (Phi) is 5.84. The fourth-order valence-corrected chi connectivity index (χ4v) is 4.55. The van der Waals surface area contributed by atoms with Crippen LogP contribution in [0.4, 0.5) is 0 Å². The number of hydrogen-bond acceptors (Lipinski definition) is 4. The van der Waals surface area contributed by atoms with E-state index in [-0.39, 0.29) is 23.9 Å². The summed E-state index contributed by atoms with van der Waals surface area (Å²) in [7, 11) is 1.86. The minimum absolute atomic E-state index is 0.00543. The van der Waals surface area contributed by atoms with Crippen LogP contribution in [0.5, 0.6) is 5.88 Å². The first kappa shape index (κ1) is 20.1. The van der Waals surface area contributed by atoms with E-state index in [0.717, 1.165) is 24.0 Å².